The fourth-order valence-electron chi connectivity index (χ4n) is 1.41. The maximum atomic E-state index is 11.9. The van der Waals surface area contributed by atoms with Crippen molar-refractivity contribution >= 4 is 28.8 Å². The Morgan fingerprint density at radius 2 is 2.21 bits per heavy atom. The molecule has 2 rings (SSSR count). The van der Waals surface area contributed by atoms with Crippen LogP contribution in [0.1, 0.15) is 34.1 Å². The number of carbonyl (C=O) groups is 2. The molecular weight excluding hydrogens is 266 g/mol. The molecule has 0 saturated carbocycles. The average molecular weight is 276 g/mol. The molecule has 0 bridgehead atoms. The number of nitrogens with zero attached hydrogens (tertiary/aromatic N) is 3. The van der Waals surface area contributed by atoms with Crippen LogP contribution in [0.25, 0.3) is 0 Å². The highest BCUT2D eigenvalue weighted by atomic mass is 32.2. The van der Waals surface area contributed by atoms with Gasteiger partial charge in [0.1, 0.15) is 0 Å². The number of hydrogen-bond donors (Lipinski definition) is 1. The molecule has 0 unspecified atom stereocenters. The zero-order valence-corrected chi connectivity index (χ0v) is 10.8. The Morgan fingerprint density at radius 3 is 2.84 bits per heavy atom. The second-order valence-corrected chi connectivity index (χ2v) is 4.70. The first-order valence-electron chi connectivity index (χ1n) is 5.50. The van der Waals surface area contributed by atoms with E-state index in [9.17, 15) is 9.59 Å². The monoisotopic (exact) mass is 276 g/mol. The largest absolute Gasteiger partial charge is 0.478 e. The summed E-state index contributed by atoms with van der Waals surface area (Å²) in [5, 5.41) is 13.3. The van der Waals surface area contributed by atoms with Crippen LogP contribution < -0.4 is 5.32 Å². The second-order valence-electron chi connectivity index (χ2n) is 3.61. The maximum absolute atomic E-state index is 11.9. The molecule has 0 fully saturated rings. The number of allylic oxidation sites excluding steroid dienone is 1. The zero-order valence-electron chi connectivity index (χ0n) is 10.0. The first-order chi connectivity index (χ1) is 9.11. The van der Waals surface area contributed by atoms with E-state index >= 15 is 0 Å². The zero-order chi connectivity index (χ0) is 13.8. The predicted molar refractivity (Wildman–Crippen MR) is 71.1 cm³/mol. The van der Waals surface area contributed by atoms with Gasteiger partial charge in [0.15, 0.2) is 5.17 Å². The molecule has 0 atom stereocenters. The Morgan fingerprint density at radius 1 is 1.42 bits per heavy atom. The summed E-state index contributed by atoms with van der Waals surface area (Å²) in [6.07, 6.45) is 4.98. The van der Waals surface area contributed by atoms with Gasteiger partial charge in [0, 0.05) is 23.5 Å². The van der Waals surface area contributed by atoms with Crippen LogP contribution in [0.4, 0.5) is 0 Å². The molecule has 0 spiro atoms. The van der Waals surface area contributed by atoms with E-state index in [1.807, 2.05) is 6.92 Å². The van der Waals surface area contributed by atoms with Crippen molar-refractivity contribution in [2.24, 2.45) is 4.99 Å². The van der Waals surface area contributed by atoms with Gasteiger partial charge in [-0.1, -0.05) is 18.7 Å². The second kappa shape index (κ2) is 5.66. The van der Waals surface area contributed by atoms with Crippen LogP contribution in [0.15, 0.2) is 34.6 Å². The highest BCUT2D eigenvalue weighted by Gasteiger charge is 2.19. The maximum Gasteiger partial charge on any atom is 0.336 e. The number of aromatic nitrogens is 1. The third kappa shape index (κ3) is 3.00. The summed E-state index contributed by atoms with van der Waals surface area (Å²) in [6, 6.07) is 1.27. The number of thioether (sulfide) groups is 1. The number of carbonyl (C=O) groups excluding carboxylic acids is 1. The van der Waals surface area contributed by atoms with Crippen LogP contribution in [0, 0.1) is 0 Å². The number of carboxylic acids is 1. The van der Waals surface area contributed by atoms with E-state index in [0.717, 1.165) is 11.3 Å². The molecule has 0 aromatic carbocycles. The molecule has 1 N–H and O–H groups in total. The van der Waals surface area contributed by atoms with Gasteiger partial charge in [0.05, 0.1) is 11.1 Å². The molecule has 1 aromatic rings. The Kier molecular flexibility index (Phi) is 3.96. The van der Waals surface area contributed by atoms with E-state index in [0.29, 0.717) is 5.17 Å². The van der Waals surface area contributed by atoms with Crippen molar-refractivity contribution in [2.45, 2.75) is 13.3 Å². The minimum atomic E-state index is -1.19. The molecule has 19 heavy (non-hydrogen) atoms. The van der Waals surface area contributed by atoms with Crippen molar-refractivity contribution < 1.29 is 14.7 Å². The average Bonchev–Trinajstić information content (AvgIpc) is 2.86. The molecule has 7 heteroatoms. The van der Waals surface area contributed by atoms with Gasteiger partial charge in [-0.2, -0.15) is 4.99 Å². The SMILES string of the molecule is CCC1=C[N]C(=NC(=O)c2cnccc2C(=O)O)S1. The molecule has 0 saturated heterocycles. The van der Waals surface area contributed by atoms with E-state index in [1.54, 1.807) is 6.20 Å². The van der Waals surface area contributed by atoms with Crippen LogP contribution in [0.5, 0.6) is 0 Å². The molecule has 2 heterocycles. The van der Waals surface area contributed by atoms with Crippen molar-refractivity contribution in [3.8, 4) is 0 Å². The molecule has 1 aromatic heterocycles. The summed E-state index contributed by atoms with van der Waals surface area (Å²) >= 11 is 1.30. The highest BCUT2D eigenvalue weighted by Crippen LogP contribution is 2.25. The normalized spacial score (nSPS) is 16.1. The lowest BCUT2D eigenvalue weighted by atomic mass is 10.1. The van der Waals surface area contributed by atoms with Gasteiger partial charge in [-0.25, -0.2) is 10.1 Å². The van der Waals surface area contributed by atoms with Crippen molar-refractivity contribution in [2.75, 3.05) is 0 Å². The topological polar surface area (TPSA) is 93.7 Å². The van der Waals surface area contributed by atoms with Crippen molar-refractivity contribution in [3.63, 3.8) is 0 Å². The fraction of sp³-hybridized carbons (Fsp3) is 0.167. The Balaban J connectivity index is 2.22. The molecule has 1 radical (unpaired) electrons. The van der Waals surface area contributed by atoms with Crippen LogP contribution in [0.3, 0.4) is 0 Å². The summed E-state index contributed by atoms with van der Waals surface area (Å²) in [6.45, 7) is 1.97. The van der Waals surface area contributed by atoms with Crippen molar-refractivity contribution in [3.05, 3.63) is 40.7 Å². The number of amidine groups is 1. The van der Waals surface area contributed by atoms with Crippen LogP contribution in [-0.2, 0) is 0 Å². The summed E-state index contributed by atoms with van der Waals surface area (Å²) < 4.78 is 0. The lowest BCUT2D eigenvalue weighted by Gasteiger charge is -2.01. The summed E-state index contributed by atoms with van der Waals surface area (Å²) in [5.41, 5.74) is -0.153. The van der Waals surface area contributed by atoms with Gasteiger partial charge in [-0.3, -0.25) is 9.78 Å². The first-order valence-corrected chi connectivity index (χ1v) is 6.31. The van der Waals surface area contributed by atoms with E-state index < -0.39 is 11.9 Å². The molecule has 0 aliphatic carbocycles. The van der Waals surface area contributed by atoms with Gasteiger partial charge in [0.25, 0.3) is 5.91 Å². The van der Waals surface area contributed by atoms with Gasteiger partial charge in [-0.05, 0) is 12.5 Å². The third-order valence-electron chi connectivity index (χ3n) is 2.37. The van der Waals surface area contributed by atoms with Crippen LogP contribution in [0.2, 0.25) is 0 Å². The van der Waals surface area contributed by atoms with Crippen LogP contribution in [-0.4, -0.2) is 27.1 Å². The third-order valence-corrected chi connectivity index (χ3v) is 3.40. The fourth-order valence-corrected chi connectivity index (χ4v) is 2.13. The summed E-state index contributed by atoms with van der Waals surface area (Å²) in [4.78, 5) is 31.5. The predicted octanol–water partition coefficient (Wildman–Crippen LogP) is 1.88. The van der Waals surface area contributed by atoms with Gasteiger partial charge in [-0.15, -0.1) is 0 Å². The highest BCUT2D eigenvalue weighted by molar-refractivity contribution is 8.17. The Bertz CT molecular complexity index is 596. The summed E-state index contributed by atoms with van der Waals surface area (Å²) in [5.74, 6) is -1.84. The smallest absolute Gasteiger partial charge is 0.336 e. The Labute approximate surface area is 113 Å². The summed E-state index contributed by atoms with van der Waals surface area (Å²) in [7, 11) is 0. The first kappa shape index (κ1) is 13.3. The number of aliphatic imine (C=N–C) groups is 1. The number of hydrogen-bond acceptors (Lipinski definition) is 4. The van der Waals surface area contributed by atoms with Gasteiger partial charge < -0.3 is 5.11 Å². The molecular formula is C12H10N3O3S. The lowest BCUT2D eigenvalue weighted by molar-refractivity contribution is 0.0692. The van der Waals surface area contributed by atoms with Gasteiger partial charge in [0.2, 0.25) is 0 Å². The lowest BCUT2D eigenvalue weighted by Crippen LogP contribution is -2.10. The number of carboxylic acid groups (broad SMARTS) is 1. The van der Waals surface area contributed by atoms with E-state index in [2.05, 4.69) is 15.3 Å². The number of rotatable bonds is 3. The Hall–Kier alpha value is -2.15. The quantitative estimate of drug-likeness (QED) is 0.909. The number of aromatic carboxylic acids is 1. The van der Waals surface area contributed by atoms with Crippen LogP contribution >= 0.6 is 11.8 Å². The minimum Gasteiger partial charge on any atom is -0.478 e. The van der Waals surface area contributed by atoms with Crippen molar-refractivity contribution in [1.82, 2.24) is 10.3 Å². The molecule has 6 nitrogen and oxygen atoms in total. The van der Waals surface area contributed by atoms with E-state index in [4.69, 9.17) is 5.11 Å². The van der Waals surface area contributed by atoms with Gasteiger partial charge >= 0.3 is 5.97 Å². The molecule has 97 valence electrons. The molecule has 1 amide bonds. The van der Waals surface area contributed by atoms with E-state index in [1.165, 1.54) is 30.2 Å². The minimum absolute atomic E-state index is 0.0387. The number of pyridine rings is 1. The van der Waals surface area contributed by atoms with Crippen molar-refractivity contribution in [1.29, 1.82) is 0 Å². The standard InChI is InChI=1S/C12H10N3O3S/c1-2-7-5-14-12(19-7)15-10(16)9-6-13-4-3-8(9)11(17)18/h3-6H,2H2,1H3,(H,17,18). The molecule has 1 aliphatic heterocycles. The van der Waals surface area contributed by atoms with E-state index in [-0.39, 0.29) is 11.1 Å². The number of amides is 1. The molecule has 1 aliphatic rings.